The summed E-state index contributed by atoms with van der Waals surface area (Å²) in [5.74, 6) is 1.59. The lowest BCUT2D eigenvalue weighted by molar-refractivity contribution is 1.08. The first-order chi connectivity index (χ1) is 26.3. The molecule has 0 N–H and O–H groups in total. The van der Waals surface area contributed by atoms with Crippen LogP contribution >= 0.6 is 0 Å². The van der Waals surface area contributed by atoms with Crippen LogP contribution in [0.5, 0.6) is 0 Å². The Kier molecular flexibility index (Phi) is 7.40. The fraction of sp³-hybridized carbons (Fsp3) is 0. The van der Waals surface area contributed by atoms with Gasteiger partial charge in [0.25, 0.3) is 0 Å². The van der Waals surface area contributed by atoms with E-state index in [0.29, 0.717) is 0 Å². The van der Waals surface area contributed by atoms with Gasteiger partial charge >= 0.3 is 0 Å². The maximum atomic E-state index is 4.77. The summed E-state index contributed by atoms with van der Waals surface area (Å²) in [6, 6.07) is 70.5. The van der Waals surface area contributed by atoms with E-state index in [1.807, 2.05) is 36.4 Å². The number of nitrogens with zero attached hydrogens (tertiary/aromatic N) is 5. The first kappa shape index (κ1) is 30.6. The molecular weight excluding hydrogens is 647 g/mol. The lowest BCUT2D eigenvalue weighted by Crippen LogP contribution is -2.11. The second-order valence-corrected chi connectivity index (χ2v) is 13.1. The van der Waals surface area contributed by atoms with E-state index in [4.69, 9.17) is 10.2 Å². The fourth-order valence-corrected chi connectivity index (χ4v) is 7.67. The van der Waals surface area contributed by atoms with Gasteiger partial charge in [-0.3, -0.25) is 4.57 Å². The molecule has 0 aliphatic carbocycles. The van der Waals surface area contributed by atoms with Crippen LogP contribution in [0, 0.1) is 0 Å². The molecule has 0 aliphatic heterocycles. The van der Waals surface area contributed by atoms with Gasteiger partial charge in [-0.15, -0.1) is 10.2 Å². The Morgan fingerprint density at radius 3 is 1.36 bits per heavy atom. The molecule has 0 aliphatic rings. The van der Waals surface area contributed by atoms with E-state index in [9.17, 15) is 0 Å². The Labute approximate surface area is 307 Å². The molecule has 0 atom stereocenters. The predicted molar refractivity (Wildman–Crippen MR) is 219 cm³/mol. The molecule has 0 saturated heterocycles. The van der Waals surface area contributed by atoms with E-state index < -0.39 is 0 Å². The van der Waals surface area contributed by atoms with Crippen LogP contribution < -0.4 is 4.90 Å². The summed E-state index contributed by atoms with van der Waals surface area (Å²) in [5.41, 5.74) is 9.76. The fourth-order valence-electron chi connectivity index (χ4n) is 7.67. The second kappa shape index (κ2) is 12.8. The van der Waals surface area contributed by atoms with Crippen LogP contribution in [0.2, 0.25) is 0 Å². The lowest BCUT2D eigenvalue weighted by Gasteiger charge is -2.28. The lowest BCUT2D eigenvalue weighted by atomic mass is 10.0. The number of hydrogen-bond donors (Lipinski definition) is 0. The number of fused-ring (bicyclic) bond motifs is 4. The highest BCUT2D eigenvalue weighted by Gasteiger charge is 2.22. The topological polar surface area (TPSA) is 38.9 Å². The van der Waals surface area contributed by atoms with Gasteiger partial charge in [0.05, 0.1) is 22.4 Å². The van der Waals surface area contributed by atoms with Gasteiger partial charge in [0.1, 0.15) is 0 Å². The van der Waals surface area contributed by atoms with Crippen molar-refractivity contribution in [3.63, 3.8) is 0 Å². The Morgan fingerprint density at radius 2 is 0.792 bits per heavy atom. The molecule has 0 unspecified atom stereocenters. The van der Waals surface area contributed by atoms with Crippen molar-refractivity contribution in [3.05, 3.63) is 200 Å². The van der Waals surface area contributed by atoms with Crippen molar-refractivity contribution in [2.75, 3.05) is 4.90 Å². The quantitative estimate of drug-likeness (QED) is 0.168. The second-order valence-electron chi connectivity index (χ2n) is 13.1. The van der Waals surface area contributed by atoms with Gasteiger partial charge in [0.15, 0.2) is 11.6 Å². The average molecular weight is 680 g/mol. The van der Waals surface area contributed by atoms with Gasteiger partial charge in [0, 0.05) is 49.7 Å². The van der Waals surface area contributed by atoms with E-state index in [-0.39, 0.29) is 0 Å². The van der Waals surface area contributed by atoms with Gasteiger partial charge < -0.3 is 9.47 Å². The molecule has 10 rings (SSSR count). The van der Waals surface area contributed by atoms with Crippen LogP contribution in [0.1, 0.15) is 0 Å². The third-order valence-corrected chi connectivity index (χ3v) is 10.0. The van der Waals surface area contributed by atoms with Crippen LogP contribution in [0.15, 0.2) is 200 Å². The van der Waals surface area contributed by atoms with Crippen LogP contribution in [0.3, 0.4) is 0 Å². The summed E-state index contributed by atoms with van der Waals surface area (Å²) in [6.07, 6.45) is 0. The van der Waals surface area contributed by atoms with Crippen molar-refractivity contribution in [3.8, 4) is 34.2 Å². The van der Waals surface area contributed by atoms with Crippen molar-refractivity contribution >= 4 is 49.6 Å². The van der Waals surface area contributed by atoms with Gasteiger partial charge in [-0.05, 0) is 60.7 Å². The third kappa shape index (κ3) is 5.17. The number of anilines is 3. The largest absolute Gasteiger partial charge is 0.310 e. The molecule has 5 heteroatoms. The van der Waals surface area contributed by atoms with E-state index in [2.05, 4.69) is 178 Å². The Hall–Kier alpha value is -7.24. The maximum Gasteiger partial charge on any atom is 0.168 e. The number of para-hydroxylation sites is 3. The van der Waals surface area contributed by atoms with Gasteiger partial charge in [-0.2, -0.15) is 0 Å². The van der Waals surface area contributed by atoms with Crippen molar-refractivity contribution in [2.45, 2.75) is 0 Å². The number of benzene rings is 8. The van der Waals surface area contributed by atoms with Crippen molar-refractivity contribution in [1.82, 2.24) is 19.3 Å². The molecule has 0 bridgehead atoms. The zero-order valence-electron chi connectivity index (χ0n) is 28.8. The first-order valence-electron chi connectivity index (χ1n) is 17.9. The molecule has 250 valence electrons. The molecule has 0 amide bonds. The molecule has 2 heterocycles. The molecule has 0 fully saturated rings. The first-order valence-corrected chi connectivity index (χ1v) is 17.9. The molecule has 53 heavy (non-hydrogen) atoms. The smallest absolute Gasteiger partial charge is 0.168 e. The highest BCUT2D eigenvalue weighted by molar-refractivity contribution is 6.09. The van der Waals surface area contributed by atoms with Gasteiger partial charge in [0.2, 0.25) is 0 Å². The van der Waals surface area contributed by atoms with Gasteiger partial charge in [-0.1, -0.05) is 140 Å². The standard InChI is InChI=1S/C48H33N5/c1-4-16-34(17-5-1)47-49-50-48(35-18-6-2-7-19-35)53(47)46-33-32-45(41-22-10-11-23-42(41)46)51(36-20-8-3-9-21-36)37-28-30-38(31-29-37)52-43-26-14-12-24-39(43)40-25-13-15-27-44(40)52/h1-33H. The molecule has 5 nitrogen and oxygen atoms in total. The minimum Gasteiger partial charge on any atom is -0.310 e. The summed E-state index contributed by atoms with van der Waals surface area (Å²) in [4.78, 5) is 2.35. The van der Waals surface area contributed by atoms with Gasteiger partial charge in [-0.25, -0.2) is 0 Å². The summed E-state index contributed by atoms with van der Waals surface area (Å²) in [5, 5.41) is 14.3. The number of aromatic nitrogens is 4. The van der Waals surface area contributed by atoms with E-state index in [0.717, 1.165) is 62.0 Å². The highest BCUT2D eigenvalue weighted by atomic mass is 15.3. The summed E-state index contributed by atoms with van der Waals surface area (Å²) in [7, 11) is 0. The monoisotopic (exact) mass is 679 g/mol. The Bertz CT molecular complexity index is 2760. The van der Waals surface area contributed by atoms with E-state index in [1.165, 1.54) is 21.8 Å². The molecule has 0 saturated carbocycles. The summed E-state index contributed by atoms with van der Waals surface area (Å²) in [6.45, 7) is 0. The zero-order chi connectivity index (χ0) is 35.1. The SMILES string of the molecule is c1ccc(-c2nnc(-c3ccccc3)n2-c2ccc(N(c3ccccc3)c3ccc(-n4c5ccccc5c5ccccc54)cc3)c3ccccc23)cc1. The average Bonchev–Trinajstić information content (AvgIpc) is 3.83. The van der Waals surface area contributed by atoms with E-state index in [1.54, 1.807) is 0 Å². The molecule has 0 spiro atoms. The molecular formula is C48H33N5. The number of rotatable bonds is 7. The molecule has 2 aromatic heterocycles. The summed E-state index contributed by atoms with van der Waals surface area (Å²) < 4.78 is 4.56. The zero-order valence-corrected chi connectivity index (χ0v) is 28.8. The van der Waals surface area contributed by atoms with Crippen LogP contribution in [0.25, 0.3) is 66.7 Å². The van der Waals surface area contributed by atoms with Crippen LogP contribution in [-0.2, 0) is 0 Å². The molecule has 0 radical (unpaired) electrons. The third-order valence-electron chi connectivity index (χ3n) is 10.0. The Balaban J connectivity index is 1.15. The van der Waals surface area contributed by atoms with Crippen molar-refractivity contribution < 1.29 is 0 Å². The van der Waals surface area contributed by atoms with Crippen LogP contribution in [0.4, 0.5) is 17.1 Å². The maximum absolute atomic E-state index is 4.77. The minimum atomic E-state index is 0.794. The predicted octanol–water partition coefficient (Wildman–Crippen LogP) is 12.3. The van der Waals surface area contributed by atoms with Crippen LogP contribution in [-0.4, -0.2) is 19.3 Å². The summed E-state index contributed by atoms with van der Waals surface area (Å²) >= 11 is 0. The molecule has 8 aromatic carbocycles. The van der Waals surface area contributed by atoms with Crippen molar-refractivity contribution in [2.24, 2.45) is 0 Å². The highest BCUT2D eigenvalue weighted by Crippen LogP contribution is 2.42. The van der Waals surface area contributed by atoms with Crippen molar-refractivity contribution in [1.29, 1.82) is 0 Å². The van der Waals surface area contributed by atoms with E-state index >= 15 is 0 Å². The molecule has 10 aromatic rings. The minimum absolute atomic E-state index is 0.794. The normalized spacial score (nSPS) is 11.4. The Morgan fingerprint density at radius 1 is 0.340 bits per heavy atom. The number of hydrogen-bond acceptors (Lipinski definition) is 3.